The van der Waals surface area contributed by atoms with Crippen LogP contribution in [0.15, 0.2) is 41.2 Å². The maximum absolute atomic E-state index is 15.9. The Morgan fingerprint density at radius 1 is 0.905 bits per heavy atom. The molecule has 0 bridgehead atoms. The third-order valence-electron chi connectivity index (χ3n) is 13.8. The fourth-order valence-electron chi connectivity index (χ4n) is 9.99. The van der Waals surface area contributed by atoms with Crippen molar-refractivity contribution in [2.75, 3.05) is 62.8 Å². The van der Waals surface area contributed by atoms with Crippen molar-refractivity contribution >= 4 is 34.9 Å². The van der Waals surface area contributed by atoms with E-state index in [-0.39, 0.29) is 57.6 Å². The number of carbonyl (C=O) groups is 3. The number of piperazine rings is 1. The highest BCUT2D eigenvalue weighted by Crippen LogP contribution is 2.41. The number of hydrogen-bond donors (Lipinski definition) is 4. The first-order valence-electron chi connectivity index (χ1n) is 23.7. The first-order chi connectivity index (χ1) is 30.7. The van der Waals surface area contributed by atoms with Crippen molar-refractivity contribution in [1.29, 1.82) is 0 Å². The second kappa shape index (κ2) is 19.5. The van der Waals surface area contributed by atoms with Crippen LogP contribution in [0.4, 0.5) is 15.8 Å². The van der Waals surface area contributed by atoms with Gasteiger partial charge in [-0.3, -0.25) is 24.6 Å². The molecule has 2 aliphatic carbocycles. The first-order valence-corrected chi connectivity index (χ1v) is 23.7. The van der Waals surface area contributed by atoms with Gasteiger partial charge in [0.1, 0.15) is 24.1 Å². The molecule has 3 saturated heterocycles. The average molecular weight is 875 g/mol. The van der Waals surface area contributed by atoms with Gasteiger partial charge in [-0.25, -0.2) is 19.8 Å². The van der Waals surface area contributed by atoms with Crippen LogP contribution in [0.3, 0.4) is 0 Å². The molecule has 346 valence electrons. The Hall–Kier alpha value is -4.80. The SMILES string of the molecule is CC.CC.CC1(Oc2cc3c(cn2)NNC3C2=CC(N3CCC(OC4CCC(CN5CCN(c6ccc7c(c6F)CN(C6CCC(=O)NC6=O)C7=O)CC5)CC4)CC3)=NCN2)CC1.[HH].[HH]. The van der Waals surface area contributed by atoms with Crippen LogP contribution in [0.2, 0.25) is 0 Å². The molecule has 0 spiro atoms. The van der Waals surface area contributed by atoms with Gasteiger partial charge in [-0.1, -0.05) is 27.7 Å². The van der Waals surface area contributed by atoms with Crippen molar-refractivity contribution in [3.63, 3.8) is 0 Å². The van der Waals surface area contributed by atoms with E-state index in [1.165, 1.54) is 4.90 Å². The van der Waals surface area contributed by atoms with E-state index < -0.39 is 11.9 Å². The number of hydrogen-bond acceptors (Lipinski definition) is 13. The van der Waals surface area contributed by atoms with Crippen molar-refractivity contribution in [3.8, 4) is 5.88 Å². The lowest BCUT2D eigenvalue weighted by Crippen LogP contribution is -2.52. The molecule has 15 nitrogen and oxygen atoms in total. The Bertz CT molecular complexity index is 2070. The largest absolute Gasteiger partial charge is 0.471 e. The van der Waals surface area contributed by atoms with E-state index in [0.29, 0.717) is 54.5 Å². The molecule has 3 amide bonds. The number of likely N-dealkylation sites (tertiary alicyclic amines) is 1. The number of aliphatic imine (C=N–C) groups is 1. The molecule has 6 aliphatic heterocycles. The van der Waals surface area contributed by atoms with E-state index in [0.717, 1.165) is 107 Å². The summed E-state index contributed by atoms with van der Waals surface area (Å²) in [4.78, 5) is 55.0. The number of benzene rings is 1. The van der Waals surface area contributed by atoms with Crippen molar-refractivity contribution in [3.05, 3.63) is 58.7 Å². The lowest BCUT2D eigenvalue weighted by atomic mass is 9.86. The lowest BCUT2D eigenvalue weighted by Gasteiger charge is -2.40. The Morgan fingerprint density at radius 3 is 2.35 bits per heavy atom. The smallest absolute Gasteiger partial charge is 0.255 e. The Balaban J connectivity index is 0.00000114. The summed E-state index contributed by atoms with van der Waals surface area (Å²) in [6, 6.07) is 4.66. The van der Waals surface area contributed by atoms with Crippen LogP contribution in [-0.2, 0) is 20.9 Å². The van der Waals surface area contributed by atoms with Crippen LogP contribution in [-0.4, -0.2) is 120 Å². The van der Waals surface area contributed by atoms with Crippen molar-refractivity contribution < 1.29 is 31.1 Å². The Labute approximate surface area is 374 Å². The molecule has 63 heavy (non-hydrogen) atoms. The summed E-state index contributed by atoms with van der Waals surface area (Å²) in [6.45, 7) is 16.8. The van der Waals surface area contributed by atoms with Crippen LogP contribution in [0, 0.1) is 11.7 Å². The second-order valence-electron chi connectivity index (χ2n) is 17.9. The quantitative estimate of drug-likeness (QED) is 0.214. The van der Waals surface area contributed by atoms with E-state index in [4.69, 9.17) is 14.5 Å². The van der Waals surface area contributed by atoms with Gasteiger partial charge >= 0.3 is 0 Å². The highest BCUT2D eigenvalue weighted by Gasteiger charge is 2.42. The molecule has 5 fully saturated rings. The average Bonchev–Trinajstić information content (AvgIpc) is 3.73. The number of piperidine rings is 2. The normalized spacial score (nSPS) is 26.7. The molecule has 7 heterocycles. The fraction of sp³-hybridized carbons (Fsp3) is 0.638. The number of rotatable bonds is 9. The van der Waals surface area contributed by atoms with E-state index in [9.17, 15) is 14.4 Å². The monoisotopic (exact) mass is 875 g/mol. The van der Waals surface area contributed by atoms with Crippen molar-refractivity contribution in [1.82, 2.24) is 35.7 Å². The fourth-order valence-corrected chi connectivity index (χ4v) is 9.99. The molecular formula is C47H71FN10O5. The van der Waals surface area contributed by atoms with E-state index in [1.807, 2.05) is 33.9 Å². The van der Waals surface area contributed by atoms with Crippen LogP contribution >= 0.6 is 0 Å². The summed E-state index contributed by atoms with van der Waals surface area (Å²) >= 11 is 0. The number of imide groups is 1. The molecule has 16 heteroatoms. The minimum atomic E-state index is -0.756. The van der Waals surface area contributed by atoms with Crippen LogP contribution in [0.5, 0.6) is 5.88 Å². The van der Waals surface area contributed by atoms with Crippen LogP contribution in [0.1, 0.15) is 129 Å². The van der Waals surface area contributed by atoms with E-state index in [2.05, 4.69) is 60.2 Å². The number of nitrogens with one attached hydrogen (secondary N) is 4. The summed E-state index contributed by atoms with van der Waals surface area (Å²) in [5.41, 5.74) is 11.0. The Morgan fingerprint density at radius 2 is 1.63 bits per heavy atom. The topological polar surface area (TPSA) is 156 Å². The minimum absolute atomic E-state index is 0. The summed E-state index contributed by atoms with van der Waals surface area (Å²) in [5, 5.41) is 5.80. The van der Waals surface area contributed by atoms with Gasteiger partial charge in [-0.05, 0) is 82.8 Å². The van der Waals surface area contributed by atoms with Gasteiger partial charge in [-0.15, -0.1) is 0 Å². The zero-order valence-electron chi connectivity index (χ0n) is 37.8. The summed E-state index contributed by atoms with van der Waals surface area (Å²) in [5.74, 6) is 0.775. The number of pyridine rings is 1. The Kier molecular flexibility index (Phi) is 13.9. The van der Waals surface area contributed by atoms with E-state index in [1.54, 1.807) is 12.1 Å². The zero-order valence-corrected chi connectivity index (χ0v) is 37.8. The van der Waals surface area contributed by atoms with E-state index >= 15 is 4.39 Å². The van der Waals surface area contributed by atoms with Crippen molar-refractivity contribution in [2.24, 2.45) is 10.9 Å². The summed E-state index contributed by atoms with van der Waals surface area (Å²) in [7, 11) is 0. The lowest BCUT2D eigenvalue weighted by molar-refractivity contribution is -0.136. The number of aromatic nitrogens is 1. The molecule has 1 aromatic carbocycles. The van der Waals surface area contributed by atoms with Gasteiger partial charge in [0.25, 0.3) is 5.91 Å². The van der Waals surface area contributed by atoms with Gasteiger partial charge < -0.3 is 34.9 Å². The zero-order chi connectivity index (χ0) is 44.3. The minimum Gasteiger partial charge on any atom is -0.471 e. The number of halogens is 1. The van der Waals surface area contributed by atoms with Crippen LogP contribution < -0.4 is 31.1 Å². The van der Waals surface area contributed by atoms with Gasteiger partial charge in [0.15, 0.2) is 5.82 Å². The number of anilines is 2. The number of ether oxygens (including phenoxy) is 2. The highest BCUT2D eigenvalue weighted by molar-refractivity contribution is 6.05. The molecular weight excluding hydrogens is 804 g/mol. The van der Waals surface area contributed by atoms with Crippen molar-refractivity contribution in [2.45, 2.75) is 135 Å². The molecule has 8 aliphatic rings. The number of amidine groups is 1. The number of amides is 3. The van der Waals surface area contributed by atoms with Gasteiger partial charge in [-0.2, -0.15) is 0 Å². The molecule has 10 rings (SSSR count). The second-order valence-corrected chi connectivity index (χ2v) is 17.9. The maximum atomic E-state index is 15.9. The maximum Gasteiger partial charge on any atom is 0.255 e. The third kappa shape index (κ3) is 9.82. The number of carbonyl (C=O) groups excluding carboxylic acids is 3. The number of hydrazine groups is 1. The standard InChI is InChI=1S/C43H55FN10O5.2C2H6.2H2/c1-43(12-13-43)59-38-20-30-33(22-45-38)49-50-40(30)32-21-36(47-25-46-32)53-14-10-28(11-15-53)58-27-4-2-26(3-5-27)23-51-16-18-52(19-17-51)34-7-6-29-31(39(34)44)24-54(42(29)57)35-8-9-37(55)48-41(35)56;2*1-2;;/h6-7,20-22,26-28,35,40,46,49-50H,2-5,8-19,23-25H2,1H3,(H,48,55,56);2*1-2H3;2*1H. The summed E-state index contributed by atoms with van der Waals surface area (Å²) in [6.07, 6.45) is 13.7. The number of nitrogens with zero attached hydrogens (tertiary/aromatic N) is 6. The predicted molar refractivity (Wildman–Crippen MR) is 245 cm³/mol. The highest BCUT2D eigenvalue weighted by atomic mass is 19.1. The van der Waals surface area contributed by atoms with Crippen LogP contribution in [0.25, 0.3) is 0 Å². The molecule has 2 atom stereocenters. The third-order valence-corrected chi connectivity index (χ3v) is 13.8. The predicted octanol–water partition coefficient (Wildman–Crippen LogP) is 6.13. The van der Waals surface area contributed by atoms with Gasteiger partial charge in [0.05, 0.1) is 42.4 Å². The van der Waals surface area contributed by atoms with Gasteiger partial charge in [0.2, 0.25) is 17.7 Å². The molecule has 1 aromatic heterocycles. The first kappa shape index (κ1) is 44.8. The molecule has 2 unspecified atom stereocenters. The molecule has 4 N–H and O–H groups in total. The number of fused-ring (bicyclic) bond motifs is 2. The summed E-state index contributed by atoms with van der Waals surface area (Å²) < 4.78 is 28.8. The van der Waals surface area contributed by atoms with Gasteiger partial charge in [0, 0.05) is 89.6 Å². The molecule has 2 saturated carbocycles. The molecule has 0 radical (unpaired) electrons. The molecule has 2 aromatic rings.